The molecule has 1 atom stereocenters. The predicted octanol–water partition coefficient (Wildman–Crippen LogP) is 3.21. The number of benzene rings is 1. The summed E-state index contributed by atoms with van der Waals surface area (Å²) < 4.78 is 1.59. The second-order valence-electron chi connectivity index (χ2n) is 8.06. The molecule has 0 bridgehead atoms. The van der Waals surface area contributed by atoms with E-state index in [1.807, 2.05) is 49.4 Å². The van der Waals surface area contributed by atoms with Gasteiger partial charge in [0.1, 0.15) is 5.82 Å². The number of aromatic nitrogens is 3. The topological polar surface area (TPSA) is 94.1 Å². The van der Waals surface area contributed by atoms with Gasteiger partial charge in [0.05, 0.1) is 17.4 Å². The van der Waals surface area contributed by atoms with Crippen molar-refractivity contribution in [1.82, 2.24) is 19.7 Å². The molecule has 7 heteroatoms. The number of carbonyl (C=O) groups is 2. The number of likely N-dealkylation sites (tertiary alicyclic amines) is 1. The van der Waals surface area contributed by atoms with E-state index < -0.39 is 0 Å². The summed E-state index contributed by atoms with van der Waals surface area (Å²) in [5.41, 5.74) is 9.63. The number of amides is 1. The van der Waals surface area contributed by atoms with Crippen LogP contribution in [0, 0.1) is 12.8 Å². The molecule has 1 aliphatic heterocycles. The number of rotatable bonds is 7. The molecule has 31 heavy (non-hydrogen) atoms. The number of ketones is 1. The van der Waals surface area contributed by atoms with Crippen LogP contribution in [0.1, 0.15) is 40.9 Å². The highest BCUT2D eigenvalue weighted by atomic mass is 16.2. The van der Waals surface area contributed by atoms with Gasteiger partial charge in [0.2, 0.25) is 5.91 Å². The lowest BCUT2D eigenvalue weighted by atomic mass is 9.98. The molecule has 1 aromatic carbocycles. The molecule has 1 amide bonds. The van der Waals surface area contributed by atoms with Crippen LogP contribution in [0.15, 0.2) is 54.9 Å². The van der Waals surface area contributed by atoms with Crippen molar-refractivity contribution >= 4 is 17.5 Å². The monoisotopic (exact) mass is 417 g/mol. The Kier molecular flexibility index (Phi) is 6.11. The van der Waals surface area contributed by atoms with E-state index in [9.17, 15) is 9.59 Å². The Morgan fingerprint density at radius 1 is 1.16 bits per heavy atom. The zero-order valence-electron chi connectivity index (χ0n) is 17.7. The molecular formula is C24H27N5O2. The summed E-state index contributed by atoms with van der Waals surface area (Å²) >= 11 is 0. The summed E-state index contributed by atoms with van der Waals surface area (Å²) in [6, 6.07) is 13.6. The van der Waals surface area contributed by atoms with Gasteiger partial charge in [-0.15, -0.1) is 0 Å². The molecule has 1 saturated heterocycles. The quantitative estimate of drug-likeness (QED) is 0.596. The largest absolute Gasteiger partial charge is 0.383 e. The zero-order valence-corrected chi connectivity index (χ0v) is 17.7. The fraction of sp³-hybridized carbons (Fsp3) is 0.333. The molecule has 7 nitrogen and oxygen atoms in total. The molecule has 0 aliphatic carbocycles. The van der Waals surface area contributed by atoms with Gasteiger partial charge in [-0.3, -0.25) is 14.6 Å². The fourth-order valence-corrected chi connectivity index (χ4v) is 3.99. The van der Waals surface area contributed by atoms with Crippen molar-refractivity contribution in [2.24, 2.45) is 5.92 Å². The van der Waals surface area contributed by atoms with Crippen molar-refractivity contribution in [3.05, 3.63) is 71.7 Å². The van der Waals surface area contributed by atoms with E-state index in [-0.39, 0.29) is 17.6 Å². The molecule has 2 aromatic heterocycles. The fourth-order valence-electron chi connectivity index (χ4n) is 3.99. The Balaban J connectivity index is 1.34. The number of pyridine rings is 1. The number of anilines is 1. The van der Waals surface area contributed by atoms with Crippen LogP contribution in [-0.2, 0) is 11.2 Å². The molecule has 3 heterocycles. The number of hydrogen-bond acceptors (Lipinski definition) is 5. The van der Waals surface area contributed by atoms with Gasteiger partial charge in [0, 0.05) is 37.3 Å². The van der Waals surface area contributed by atoms with Gasteiger partial charge < -0.3 is 10.6 Å². The molecule has 4 rings (SSSR count). The maximum absolute atomic E-state index is 13.1. The van der Waals surface area contributed by atoms with Crippen molar-refractivity contribution in [3.8, 4) is 5.69 Å². The molecule has 160 valence electrons. The van der Waals surface area contributed by atoms with E-state index in [0.29, 0.717) is 37.3 Å². The minimum atomic E-state index is -0.238. The van der Waals surface area contributed by atoms with Crippen LogP contribution in [0.3, 0.4) is 0 Å². The Bertz CT molecular complexity index is 1060. The lowest BCUT2D eigenvalue weighted by molar-refractivity contribution is -0.130. The van der Waals surface area contributed by atoms with Gasteiger partial charge in [-0.25, -0.2) is 4.68 Å². The van der Waals surface area contributed by atoms with Crippen molar-refractivity contribution in [1.29, 1.82) is 0 Å². The second-order valence-corrected chi connectivity index (χ2v) is 8.06. The number of nitrogens with two attached hydrogens (primary N) is 1. The third-order valence-electron chi connectivity index (χ3n) is 5.81. The van der Waals surface area contributed by atoms with Gasteiger partial charge in [0.15, 0.2) is 5.78 Å². The normalized spacial score (nSPS) is 15.9. The van der Waals surface area contributed by atoms with Crippen LogP contribution in [0.5, 0.6) is 0 Å². The average Bonchev–Trinajstić information content (AvgIpc) is 3.42. The first-order chi connectivity index (χ1) is 15.0. The summed E-state index contributed by atoms with van der Waals surface area (Å²) in [7, 11) is 0. The van der Waals surface area contributed by atoms with Crippen LogP contribution in [0.25, 0.3) is 5.69 Å². The summed E-state index contributed by atoms with van der Waals surface area (Å²) in [4.78, 5) is 31.7. The first kappa shape index (κ1) is 20.8. The smallest absolute Gasteiger partial charge is 0.222 e. The van der Waals surface area contributed by atoms with E-state index in [0.717, 1.165) is 29.8 Å². The summed E-state index contributed by atoms with van der Waals surface area (Å²) in [6.45, 7) is 3.05. The van der Waals surface area contributed by atoms with Gasteiger partial charge in [-0.1, -0.05) is 23.8 Å². The molecule has 1 fully saturated rings. The number of aryl methyl sites for hydroxylation is 2. The minimum Gasteiger partial charge on any atom is -0.383 e. The molecule has 3 aromatic rings. The summed E-state index contributed by atoms with van der Waals surface area (Å²) in [5.74, 6) is 0.154. The molecular weight excluding hydrogens is 390 g/mol. The summed E-state index contributed by atoms with van der Waals surface area (Å²) in [5, 5.41) is 4.32. The van der Waals surface area contributed by atoms with Crippen molar-refractivity contribution in [2.75, 3.05) is 18.8 Å². The molecule has 0 saturated carbocycles. The van der Waals surface area contributed by atoms with E-state index >= 15 is 0 Å². The van der Waals surface area contributed by atoms with E-state index in [4.69, 9.17) is 5.73 Å². The number of hydrogen-bond donors (Lipinski definition) is 1. The number of nitrogens with zero attached hydrogens (tertiary/aromatic N) is 4. The van der Waals surface area contributed by atoms with Crippen LogP contribution in [-0.4, -0.2) is 44.4 Å². The van der Waals surface area contributed by atoms with Crippen LogP contribution in [0.4, 0.5) is 5.82 Å². The van der Waals surface area contributed by atoms with E-state index in [1.165, 1.54) is 6.20 Å². The maximum Gasteiger partial charge on any atom is 0.222 e. The molecule has 2 N–H and O–H groups in total. The zero-order chi connectivity index (χ0) is 21.8. The van der Waals surface area contributed by atoms with Crippen LogP contribution < -0.4 is 5.73 Å². The highest BCUT2D eigenvalue weighted by Gasteiger charge is 2.33. The van der Waals surface area contributed by atoms with Crippen molar-refractivity contribution in [3.63, 3.8) is 0 Å². The maximum atomic E-state index is 13.1. The highest BCUT2D eigenvalue weighted by Crippen LogP contribution is 2.26. The highest BCUT2D eigenvalue weighted by molar-refractivity contribution is 6.02. The molecule has 0 spiro atoms. The predicted molar refractivity (Wildman–Crippen MR) is 119 cm³/mol. The Morgan fingerprint density at radius 2 is 1.97 bits per heavy atom. The first-order valence-electron chi connectivity index (χ1n) is 10.7. The minimum absolute atomic E-state index is 0.0420. The van der Waals surface area contributed by atoms with E-state index in [2.05, 4.69) is 10.1 Å². The molecule has 0 radical (unpaired) electrons. The lowest BCUT2D eigenvalue weighted by Crippen LogP contribution is -2.30. The van der Waals surface area contributed by atoms with Crippen LogP contribution >= 0.6 is 0 Å². The van der Waals surface area contributed by atoms with Gasteiger partial charge in [-0.05, 0) is 50.5 Å². The Morgan fingerprint density at radius 3 is 2.71 bits per heavy atom. The average molecular weight is 418 g/mol. The van der Waals surface area contributed by atoms with Gasteiger partial charge in [-0.2, -0.15) is 5.10 Å². The number of Topliss-reactive ketones (excluding diaryl/α,β-unsaturated/α-hetero) is 1. The first-order valence-corrected chi connectivity index (χ1v) is 10.7. The molecule has 1 aliphatic rings. The number of nitrogen functional groups attached to an aromatic ring is 1. The van der Waals surface area contributed by atoms with Crippen molar-refractivity contribution < 1.29 is 9.59 Å². The lowest BCUT2D eigenvalue weighted by Gasteiger charge is -2.16. The third-order valence-corrected chi connectivity index (χ3v) is 5.81. The van der Waals surface area contributed by atoms with E-state index in [1.54, 1.807) is 15.8 Å². The van der Waals surface area contributed by atoms with Crippen LogP contribution in [0.2, 0.25) is 0 Å². The summed E-state index contributed by atoms with van der Waals surface area (Å²) in [6.07, 6.45) is 5.94. The SMILES string of the molecule is Cc1ccc(-n2ncc(C(=O)C3CCN(C(=O)CCCc4ccccn4)C3)c2N)cc1. The Hall–Kier alpha value is -3.48. The van der Waals surface area contributed by atoms with Gasteiger partial charge >= 0.3 is 0 Å². The van der Waals surface area contributed by atoms with Gasteiger partial charge in [0.25, 0.3) is 0 Å². The second kappa shape index (κ2) is 9.12. The Labute approximate surface area is 181 Å². The standard InChI is InChI=1S/C24H27N5O2/c1-17-8-10-20(11-9-17)29-24(25)21(15-27-29)23(31)18-12-14-28(16-18)22(30)7-4-6-19-5-2-3-13-26-19/h2-3,5,8-11,13,15,18H,4,6-7,12,14,16,25H2,1H3. The third kappa shape index (κ3) is 4.66. The molecule has 1 unspecified atom stereocenters. The van der Waals surface area contributed by atoms with Crippen molar-refractivity contribution in [2.45, 2.75) is 32.6 Å². The number of carbonyl (C=O) groups excluding carboxylic acids is 2.